The molecular formula is C20H23F2NO4. The van der Waals surface area contributed by atoms with Crippen molar-refractivity contribution in [3.05, 3.63) is 58.1 Å². The first-order valence-corrected chi connectivity index (χ1v) is 8.49. The Morgan fingerprint density at radius 1 is 1.22 bits per heavy atom. The van der Waals surface area contributed by atoms with Gasteiger partial charge in [0.05, 0.1) is 12.8 Å². The van der Waals surface area contributed by atoms with Crippen LogP contribution in [0.3, 0.4) is 0 Å². The zero-order valence-electron chi connectivity index (χ0n) is 15.8. The van der Waals surface area contributed by atoms with Crippen LogP contribution in [0.25, 0.3) is 0 Å². The SMILES string of the molecule is CCc1cc(C)c(OCc2c(C(F)F)cccc2N(O)C(=O)OC)cc1C. The van der Waals surface area contributed by atoms with Crippen molar-refractivity contribution in [2.45, 2.75) is 40.2 Å². The molecule has 2 aromatic rings. The Labute approximate surface area is 157 Å². The van der Waals surface area contributed by atoms with Crippen LogP contribution in [0, 0.1) is 13.8 Å². The highest BCUT2D eigenvalue weighted by molar-refractivity contribution is 5.86. The maximum Gasteiger partial charge on any atom is 0.438 e. The minimum absolute atomic E-state index is 0.0111. The van der Waals surface area contributed by atoms with Crippen LogP contribution < -0.4 is 9.80 Å². The van der Waals surface area contributed by atoms with Gasteiger partial charge in [-0.25, -0.2) is 13.6 Å². The van der Waals surface area contributed by atoms with E-state index in [9.17, 15) is 18.8 Å². The molecule has 0 saturated carbocycles. The second-order valence-corrected chi connectivity index (χ2v) is 6.11. The zero-order valence-corrected chi connectivity index (χ0v) is 15.8. The van der Waals surface area contributed by atoms with Crippen molar-refractivity contribution >= 4 is 11.8 Å². The largest absolute Gasteiger partial charge is 0.489 e. The van der Waals surface area contributed by atoms with E-state index >= 15 is 0 Å². The van der Waals surface area contributed by atoms with Crippen LogP contribution >= 0.6 is 0 Å². The van der Waals surface area contributed by atoms with Gasteiger partial charge in [0, 0.05) is 11.1 Å². The van der Waals surface area contributed by atoms with Gasteiger partial charge in [0.25, 0.3) is 6.43 Å². The number of ether oxygens (including phenoxy) is 2. The topological polar surface area (TPSA) is 59.0 Å². The molecule has 146 valence electrons. The van der Waals surface area contributed by atoms with E-state index in [1.165, 1.54) is 23.8 Å². The van der Waals surface area contributed by atoms with Crippen molar-refractivity contribution in [3.8, 4) is 5.75 Å². The van der Waals surface area contributed by atoms with Crippen molar-refractivity contribution in [2.75, 3.05) is 12.2 Å². The second kappa shape index (κ2) is 8.81. The molecule has 0 unspecified atom stereocenters. The van der Waals surface area contributed by atoms with Gasteiger partial charge in [-0.15, -0.1) is 0 Å². The first-order chi connectivity index (χ1) is 12.8. The average Bonchev–Trinajstić information content (AvgIpc) is 2.66. The minimum Gasteiger partial charge on any atom is -0.489 e. The van der Waals surface area contributed by atoms with Crippen LogP contribution in [0.15, 0.2) is 30.3 Å². The van der Waals surface area contributed by atoms with E-state index in [1.807, 2.05) is 26.0 Å². The quantitative estimate of drug-likeness (QED) is 0.543. The fourth-order valence-electron chi connectivity index (χ4n) is 2.87. The van der Waals surface area contributed by atoms with E-state index in [4.69, 9.17) is 4.74 Å². The van der Waals surface area contributed by atoms with Crippen LogP contribution in [0.1, 0.15) is 41.2 Å². The molecule has 0 atom stereocenters. The van der Waals surface area contributed by atoms with Crippen molar-refractivity contribution in [1.29, 1.82) is 0 Å². The number of nitrogens with zero attached hydrogens (tertiary/aromatic N) is 1. The van der Waals surface area contributed by atoms with Crippen LogP contribution in [-0.4, -0.2) is 18.4 Å². The predicted molar refractivity (Wildman–Crippen MR) is 97.7 cm³/mol. The maximum atomic E-state index is 13.4. The molecular weight excluding hydrogens is 356 g/mol. The fourth-order valence-corrected chi connectivity index (χ4v) is 2.87. The van der Waals surface area contributed by atoms with Gasteiger partial charge in [0.15, 0.2) is 0 Å². The lowest BCUT2D eigenvalue weighted by Gasteiger charge is -2.21. The highest BCUT2D eigenvalue weighted by Crippen LogP contribution is 2.32. The predicted octanol–water partition coefficient (Wildman–Crippen LogP) is 5.34. The number of halogens is 2. The van der Waals surface area contributed by atoms with E-state index < -0.39 is 12.5 Å². The molecule has 0 heterocycles. The third kappa shape index (κ3) is 4.54. The summed E-state index contributed by atoms with van der Waals surface area (Å²) >= 11 is 0. The molecule has 0 fully saturated rings. The van der Waals surface area contributed by atoms with E-state index in [-0.39, 0.29) is 28.5 Å². The third-order valence-corrected chi connectivity index (χ3v) is 4.38. The third-order valence-electron chi connectivity index (χ3n) is 4.38. The molecule has 0 aliphatic heterocycles. The lowest BCUT2D eigenvalue weighted by atomic mass is 10.0. The molecule has 0 spiro atoms. The van der Waals surface area contributed by atoms with E-state index in [2.05, 4.69) is 11.7 Å². The number of hydroxylamine groups is 1. The molecule has 0 radical (unpaired) electrons. The van der Waals surface area contributed by atoms with Crippen molar-refractivity contribution in [3.63, 3.8) is 0 Å². The van der Waals surface area contributed by atoms with Gasteiger partial charge < -0.3 is 9.47 Å². The Morgan fingerprint density at radius 3 is 2.52 bits per heavy atom. The summed E-state index contributed by atoms with van der Waals surface area (Å²) < 4.78 is 37.1. The monoisotopic (exact) mass is 379 g/mol. The molecule has 0 aromatic heterocycles. The molecule has 27 heavy (non-hydrogen) atoms. The van der Waals surface area contributed by atoms with Crippen molar-refractivity contribution in [2.24, 2.45) is 0 Å². The summed E-state index contributed by atoms with van der Waals surface area (Å²) in [4.78, 5) is 11.6. The van der Waals surface area contributed by atoms with E-state index in [0.717, 1.165) is 24.7 Å². The van der Waals surface area contributed by atoms with Crippen LogP contribution in [-0.2, 0) is 17.8 Å². The lowest BCUT2D eigenvalue weighted by molar-refractivity contribution is 0.138. The summed E-state index contributed by atoms with van der Waals surface area (Å²) in [6.45, 7) is 5.64. The minimum atomic E-state index is -2.79. The number of anilines is 1. The first kappa shape index (κ1) is 20.6. The number of amides is 1. The normalized spacial score (nSPS) is 10.8. The smallest absolute Gasteiger partial charge is 0.438 e. The number of carbonyl (C=O) groups is 1. The first-order valence-electron chi connectivity index (χ1n) is 8.49. The molecule has 0 aliphatic carbocycles. The van der Waals surface area contributed by atoms with Gasteiger partial charge in [-0.1, -0.05) is 25.1 Å². The second-order valence-electron chi connectivity index (χ2n) is 6.11. The molecule has 1 N–H and O–H groups in total. The average molecular weight is 379 g/mol. The van der Waals surface area contributed by atoms with E-state index in [0.29, 0.717) is 5.75 Å². The Hall–Kier alpha value is -2.67. The summed E-state index contributed by atoms with van der Waals surface area (Å²) in [7, 11) is 1.08. The van der Waals surface area contributed by atoms with Gasteiger partial charge in [-0.05, 0) is 49.1 Å². The fraction of sp³-hybridized carbons (Fsp3) is 0.350. The number of alkyl halides is 2. The summed E-state index contributed by atoms with van der Waals surface area (Å²) in [5.74, 6) is 0.558. The van der Waals surface area contributed by atoms with Gasteiger partial charge in [0.1, 0.15) is 12.4 Å². The molecule has 7 heteroatoms. The summed E-state index contributed by atoms with van der Waals surface area (Å²) in [5, 5.41) is 10.2. The molecule has 5 nitrogen and oxygen atoms in total. The van der Waals surface area contributed by atoms with Crippen LogP contribution in [0.5, 0.6) is 5.75 Å². The van der Waals surface area contributed by atoms with Crippen molar-refractivity contribution in [1.82, 2.24) is 0 Å². The number of benzene rings is 2. The molecule has 1 amide bonds. The molecule has 2 rings (SSSR count). The molecule has 2 aromatic carbocycles. The number of rotatable bonds is 6. The molecule has 0 bridgehead atoms. The molecule has 0 aliphatic rings. The highest BCUT2D eigenvalue weighted by Gasteiger charge is 2.23. The number of aryl methyl sites for hydroxylation is 3. The number of carbonyl (C=O) groups excluding carboxylic acids is 1. The lowest BCUT2D eigenvalue weighted by Crippen LogP contribution is -2.28. The Morgan fingerprint density at radius 2 is 1.93 bits per heavy atom. The number of hydrogen-bond acceptors (Lipinski definition) is 4. The maximum absolute atomic E-state index is 13.4. The summed E-state index contributed by atoms with van der Waals surface area (Å²) in [5.41, 5.74) is 2.67. The van der Waals surface area contributed by atoms with Crippen molar-refractivity contribution < 1.29 is 28.3 Å². The van der Waals surface area contributed by atoms with Crippen LogP contribution in [0.4, 0.5) is 19.3 Å². The highest BCUT2D eigenvalue weighted by atomic mass is 19.3. The number of hydrogen-bond donors (Lipinski definition) is 1. The molecule has 0 saturated heterocycles. The standard InChI is InChI=1S/C20H23F2NO4/c1-5-14-9-13(3)18(10-12(14)2)27-11-16-15(19(21)22)7-6-8-17(16)23(25)20(24)26-4/h6-10,19,25H,5,11H2,1-4H3. The zero-order chi connectivity index (χ0) is 20.1. The number of methoxy groups -OCH3 is 1. The van der Waals surface area contributed by atoms with Gasteiger partial charge in [-0.2, -0.15) is 5.06 Å². The Balaban J connectivity index is 2.40. The van der Waals surface area contributed by atoms with Crippen LogP contribution in [0.2, 0.25) is 0 Å². The Bertz CT molecular complexity index is 824. The van der Waals surface area contributed by atoms with Gasteiger partial charge >= 0.3 is 6.09 Å². The Kier molecular flexibility index (Phi) is 6.74. The van der Waals surface area contributed by atoms with Gasteiger partial charge in [0.2, 0.25) is 0 Å². The summed E-state index contributed by atoms with van der Waals surface area (Å²) in [6, 6.07) is 7.77. The van der Waals surface area contributed by atoms with E-state index in [1.54, 1.807) is 0 Å². The van der Waals surface area contributed by atoms with Gasteiger partial charge in [-0.3, -0.25) is 5.21 Å². The summed E-state index contributed by atoms with van der Waals surface area (Å²) in [6.07, 6.45) is -2.99.